The number of hydrogen-bond donors (Lipinski definition) is 1. The van der Waals surface area contributed by atoms with E-state index >= 15 is 0 Å². The van der Waals surface area contributed by atoms with Crippen molar-refractivity contribution in [2.24, 2.45) is 11.7 Å². The summed E-state index contributed by atoms with van der Waals surface area (Å²) in [5.74, 6) is 0.802. The van der Waals surface area contributed by atoms with Gasteiger partial charge < -0.3 is 10.6 Å². The molecule has 0 aromatic carbocycles. The van der Waals surface area contributed by atoms with Crippen LogP contribution in [-0.2, 0) is 11.2 Å². The van der Waals surface area contributed by atoms with Crippen LogP contribution in [0.5, 0.6) is 0 Å². The normalized spacial score (nSPS) is 17.2. The van der Waals surface area contributed by atoms with E-state index in [2.05, 4.69) is 6.92 Å². The Bertz CT molecular complexity index is 485. The third kappa shape index (κ3) is 5.57. The fourth-order valence-electron chi connectivity index (χ4n) is 2.81. The van der Waals surface area contributed by atoms with Crippen LogP contribution in [0.3, 0.4) is 0 Å². The van der Waals surface area contributed by atoms with Gasteiger partial charge >= 0.3 is 0 Å². The Hall–Kier alpha value is -0.000000000000000222. The fraction of sp³-hybridized carbons (Fsp3) is 0.667. The standard InChI is InChI=1S/C15H22Cl2N2OS.ClH/c1-10(18)11-5-7-19(8-6-11)14(20)4-2-3-12-9-13(16)21-15(12)17;/h9-11H,2-8,18H2,1H3;1H. The zero-order valence-electron chi connectivity index (χ0n) is 12.7. The van der Waals surface area contributed by atoms with Crippen molar-refractivity contribution in [3.05, 3.63) is 20.3 Å². The van der Waals surface area contributed by atoms with Gasteiger partial charge in [-0.3, -0.25) is 4.79 Å². The molecule has 0 spiro atoms. The largest absolute Gasteiger partial charge is 0.343 e. The fourth-order valence-corrected chi connectivity index (χ4v) is 4.35. The summed E-state index contributed by atoms with van der Waals surface area (Å²) in [6, 6.07) is 2.13. The Morgan fingerprint density at radius 3 is 2.59 bits per heavy atom. The maximum Gasteiger partial charge on any atom is 0.222 e. The molecule has 1 atom stereocenters. The summed E-state index contributed by atoms with van der Waals surface area (Å²) in [4.78, 5) is 14.2. The Balaban J connectivity index is 0.00000242. The number of hydrogen-bond acceptors (Lipinski definition) is 3. The number of aryl methyl sites for hydroxylation is 1. The molecule has 126 valence electrons. The number of thiophene rings is 1. The summed E-state index contributed by atoms with van der Waals surface area (Å²) in [5, 5.41) is 0. The third-order valence-electron chi connectivity index (χ3n) is 4.20. The number of nitrogens with two attached hydrogens (primary N) is 1. The van der Waals surface area contributed by atoms with Crippen LogP contribution in [0.1, 0.15) is 38.2 Å². The molecule has 22 heavy (non-hydrogen) atoms. The summed E-state index contributed by atoms with van der Waals surface area (Å²) < 4.78 is 1.45. The SMILES string of the molecule is CC(N)C1CCN(C(=O)CCCc2cc(Cl)sc2Cl)CC1.Cl. The highest BCUT2D eigenvalue weighted by atomic mass is 35.5. The molecule has 0 saturated carbocycles. The van der Waals surface area contributed by atoms with Gasteiger partial charge in [0.1, 0.15) is 0 Å². The first-order chi connectivity index (χ1) is 9.97. The number of carbonyl (C=O) groups excluding carboxylic acids is 1. The van der Waals surface area contributed by atoms with Crippen LogP contribution in [0.25, 0.3) is 0 Å². The topological polar surface area (TPSA) is 46.3 Å². The van der Waals surface area contributed by atoms with Crippen molar-refractivity contribution in [1.82, 2.24) is 4.90 Å². The summed E-state index contributed by atoms with van der Waals surface area (Å²) in [7, 11) is 0. The van der Waals surface area contributed by atoms with E-state index in [0.29, 0.717) is 16.7 Å². The van der Waals surface area contributed by atoms with Crippen LogP contribution in [0.4, 0.5) is 0 Å². The molecule has 1 aromatic rings. The van der Waals surface area contributed by atoms with Crippen LogP contribution >= 0.6 is 46.9 Å². The van der Waals surface area contributed by atoms with E-state index in [1.165, 1.54) is 11.3 Å². The predicted octanol–water partition coefficient (Wildman–Crippen LogP) is 4.39. The van der Waals surface area contributed by atoms with Gasteiger partial charge in [-0.2, -0.15) is 0 Å². The second-order valence-corrected chi connectivity index (χ2v) is 8.07. The second-order valence-electron chi connectivity index (χ2n) is 5.78. The molecule has 0 aliphatic carbocycles. The van der Waals surface area contributed by atoms with Gasteiger partial charge in [-0.05, 0) is 50.2 Å². The summed E-state index contributed by atoms with van der Waals surface area (Å²) in [5.41, 5.74) is 6.97. The van der Waals surface area contributed by atoms with Gasteiger partial charge in [0.25, 0.3) is 0 Å². The maximum atomic E-state index is 12.2. The molecule has 1 amide bonds. The first kappa shape index (κ1) is 20.0. The van der Waals surface area contributed by atoms with Gasteiger partial charge in [0.15, 0.2) is 0 Å². The number of rotatable bonds is 5. The lowest BCUT2D eigenvalue weighted by atomic mass is 9.91. The van der Waals surface area contributed by atoms with Crippen LogP contribution in [-0.4, -0.2) is 29.9 Å². The highest BCUT2D eigenvalue weighted by Gasteiger charge is 2.24. The first-order valence-corrected chi connectivity index (χ1v) is 9.01. The number of piperidine rings is 1. The minimum Gasteiger partial charge on any atom is -0.343 e. The lowest BCUT2D eigenvalue weighted by Crippen LogP contribution is -2.42. The number of nitrogens with zero attached hydrogens (tertiary/aromatic N) is 1. The number of carbonyl (C=O) groups is 1. The molecule has 1 unspecified atom stereocenters. The lowest BCUT2D eigenvalue weighted by Gasteiger charge is -2.33. The summed E-state index contributed by atoms with van der Waals surface area (Å²) >= 11 is 13.4. The Labute approximate surface area is 152 Å². The van der Waals surface area contributed by atoms with E-state index < -0.39 is 0 Å². The van der Waals surface area contributed by atoms with E-state index in [4.69, 9.17) is 28.9 Å². The molecule has 1 aromatic heterocycles. The highest BCUT2D eigenvalue weighted by molar-refractivity contribution is 7.20. The molecule has 7 heteroatoms. The zero-order valence-corrected chi connectivity index (χ0v) is 15.8. The maximum absolute atomic E-state index is 12.2. The monoisotopic (exact) mass is 384 g/mol. The van der Waals surface area contributed by atoms with E-state index in [1.54, 1.807) is 0 Å². The Morgan fingerprint density at radius 2 is 2.09 bits per heavy atom. The molecule has 2 rings (SSSR count). The van der Waals surface area contributed by atoms with Gasteiger partial charge in [-0.15, -0.1) is 23.7 Å². The van der Waals surface area contributed by atoms with Crippen LogP contribution in [0.15, 0.2) is 6.07 Å². The molecule has 0 radical (unpaired) electrons. The average Bonchev–Trinajstić information content (AvgIpc) is 2.77. The van der Waals surface area contributed by atoms with Gasteiger partial charge in [0.2, 0.25) is 5.91 Å². The molecule has 1 saturated heterocycles. The van der Waals surface area contributed by atoms with Crippen molar-refractivity contribution in [2.45, 2.75) is 45.1 Å². The molecule has 2 N–H and O–H groups in total. The summed E-state index contributed by atoms with van der Waals surface area (Å²) in [6.45, 7) is 3.74. The van der Waals surface area contributed by atoms with E-state index in [9.17, 15) is 4.79 Å². The van der Waals surface area contributed by atoms with Gasteiger partial charge in [-0.25, -0.2) is 0 Å². The third-order valence-corrected chi connectivity index (χ3v) is 5.77. The number of likely N-dealkylation sites (tertiary alicyclic amines) is 1. The average molecular weight is 386 g/mol. The minimum absolute atomic E-state index is 0. The van der Waals surface area contributed by atoms with Crippen LogP contribution < -0.4 is 5.73 Å². The Morgan fingerprint density at radius 1 is 1.45 bits per heavy atom. The molecule has 1 fully saturated rings. The smallest absolute Gasteiger partial charge is 0.222 e. The van der Waals surface area contributed by atoms with Crippen molar-refractivity contribution in [3.8, 4) is 0 Å². The van der Waals surface area contributed by atoms with Crippen molar-refractivity contribution in [3.63, 3.8) is 0 Å². The molecule has 0 bridgehead atoms. The molecule has 2 heterocycles. The zero-order chi connectivity index (χ0) is 15.4. The molecule has 1 aliphatic rings. The van der Waals surface area contributed by atoms with Crippen molar-refractivity contribution in [1.29, 1.82) is 0 Å². The van der Waals surface area contributed by atoms with Gasteiger partial charge in [-0.1, -0.05) is 23.2 Å². The highest BCUT2D eigenvalue weighted by Crippen LogP contribution is 2.32. The van der Waals surface area contributed by atoms with Crippen molar-refractivity contribution in [2.75, 3.05) is 13.1 Å². The van der Waals surface area contributed by atoms with E-state index in [0.717, 1.165) is 48.7 Å². The van der Waals surface area contributed by atoms with E-state index in [-0.39, 0.29) is 24.4 Å². The molecule has 1 aliphatic heterocycles. The van der Waals surface area contributed by atoms with Crippen LogP contribution in [0, 0.1) is 5.92 Å². The predicted molar refractivity (Wildman–Crippen MR) is 97.5 cm³/mol. The van der Waals surface area contributed by atoms with Gasteiger partial charge in [0.05, 0.1) is 8.67 Å². The van der Waals surface area contributed by atoms with Gasteiger partial charge in [0, 0.05) is 25.6 Å². The second kappa shape index (κ2) is 9.33. The molecular weight excluding hydrogens is 363 g/mol. The molecular formula is C15H23Cl3N2OS. The van der Waals surface area contributed by atoms with Crippen LogP contribution in [0.2, 0.25) is 8.67 Å². The molecule has 3 nitrogen and oxygen atoms in total. The number of amides is 1. The number of halogens is 3. The Kier molecular flexibility index (Phi) is 8.50. The first-order valence-electron chi connectivity index (χ1n) is 7.44. The van der Waals surface area contributed by atoms with Crippen molar-refractivity contribution < 1.29 is 4.79 Å². The summed E-state index contributed by atoms with van der Waals surface area (Å²) in [6.07, 6.45) is 4.25. The van der Waals surface area contributed by atoms with Crippen molar-refractivity contribution >= 4 is 52.9 Å². The quantitative estimate of drug-likeness (QED) is 0.817. The minimum atomic E-state index is 0. The lowest BCUT2D eigenvalue weighted by molar-refractivity contribution is -0.132. The van der Waals surface area contributed by atoms with E-state index in [1.807, 2.05) is 11.0 Å².